The monoisotopic (exact) mass is 554 g/mol. The molecule has 0 aliphatic carbocycles. The number of phenols is 1. The van der Waals surface area contributed by atoms with E-state index in [0.29, 0.717) is 30.2 Å². The van der Waals surface area contributed by atoms with Gasteiger partial charge in [0.25, 0.3) is 5.91 Å². The Kier molecular flexibility index (Phi) is 8.84. The molecule has 2 heterocycles. The topological polar surface area (TPSA) is 79.7 Å². The van der Waals surface area contributed by atoms with Crippen molar-refractivity contribution in [3.05, 3.63) is 75.5 Å². The zero-order chi connectivity index (χ0) is 27.0. The third-order valence-electron chi connectivity index (χ3n) is 6.81. The molecule has 1 aromatic heterocycles. The summed E-state index contributed by atoms with van der Waals surface area (Å²) < 4.78 is 0. The van der Waals surface area contributed by atoms with E-state index < -0.39 is 0 Å². The first kappa shape index (κ1) is 29.5. The third kappa shape index (κ3) is 6.51. The summed E-state index contributed by atoms with van der Waals surface area (Å²) >= 11 is 1.54. The highest BCUT2D eigenvalue weighted by Crippen LogP contribution is 2.40. The number of carbonyl (C=O) groups is 1. The molecule has 6 nitrogen and oxygen atoms in total. The lowest BCUT2D eigenvalue weighted by Gasteiger charge is -2.36. The van der Waals surface area contributed by atoms with E-state index in [-0.39, 0.29) is 29.1 Å². The number of amides is 1. The molecule has 1 aliphatic rings. The molecule has 38 heavy (non-hydrogen) atoms. The van der Waals surface area contributed by atoms with Crippen LogP contribution in [0.4, 0.5) is 11.4 Å². The van der Waals surface area contributed by atoms with Crippen LogP contribution in [0.5, 0.6) is 5.75 Å². The van der Waals surface area contributed by atoms with E-state index >= 15 is 0 Å². The van der Waals surface area contributed by atoms with Crippen molar-refractivity contribution in [1.29, 1.82) is 5.41 Å². The van der Waals surface area contributed by atoms with Gasteiger partial charge in [0.05, 0.1) is 4.88 Å². The summed E-state index contributed by atoms with van der Waals surface area (Å²) in [7, 11) is 0. The second-order valence-corrected chi connectivity index (χ2v) is 12.7. The molecule has 8 heteroatoms. The minimum absolute atomic E-state index is 0. The van der Waals surface area contributed by atoms with Gasteiger partial charge in [-0.25, -0.2) is 0 Å². The van der Waals surface area contributed by atoms with Crippen LogP contribution in [-0.4, -0.2) is 47.9 Å². The molecule has 0 saturated carbocycles. The number of phenolic OH excluding ortho intramolecular Hbond substituents is 1. The highest BCUT2D eigenvalue weighted by Gasteiger charge is 2.30. The lowest BCUT2D eigenvalue weighted by molar-refractivity contribution is 0.0746. The summed E-state index contributed by atoms with van der Waals surface area (Å²) in [5.74, 6) is 0.709. The summed E-state index contributed by atoms with van der Waals surface area (Å²) in [5, 5.41) is 24.3. The Bertz CT molecular complexity index is 1230. The lowest BCUT2D eigenvalue weighted by atomic mass is 9.78. The minimum atomic E-state index is -0.275. The molecule has 3 aromatic rings. The molecule has 2 aromatic carbocycles. The zero-order valence-electron chi connectivity index (χ0n) is 23.1. The van der Waals surface area contributed by atoms with E-state index in [9.17, 15) is 9.90 Å². The molecule has 204 valence electrons. The van der Waals surface area contributed by atoms with Crippen LogP contribution in [0.1, 0.15) is 67.9 Å². The highest BCUT2D eigenvalue weighted by atomic mass is 35.5. The Hall–Kier alpha value is -3.03. The third-order valence-corrected chi connectivity index (χ3v) is 7.70. The lowest BCUT2D eigenvalue weighted by Crippen LogP contribution is -2.48. The Morgan fingerprint density at radius 1 is 0.921 bits per heavy atom. The number of carbonyl (C=O) groups excluding carboxylic acids is 1. The summed E-state index contributed by atoms with van der Waals surface area (Å²) in [5.41, 5.74) is 3.70. The van der Waals surface area contributed by atoms with Crippen molar-refractivity contribution in [2.45, 2.75) is 52.4 Å². The van der Waals surface area contributed by atoms with Crippen molar-refractivity contribution in [3.8, 4) is 5.75 Å². The SMILES string of the molecule is CC(C)(C)c1cc(C(=O)N2CCN(c3ccc(NC(=N)c4cccs4)cc3)CC2)cc(C(C)(C)C)c1O.Cl. The maximum absolute atomic E-state index is 13.6. The number of piperazine rings is 1. The van der Waals surface area contributed by atoms with Crippen molar-refractivity contribution in [3.63, 3.8) is 0 Å². The van der Waals surface area contributed by atoms with E-state index in [1.54, 1.807) is 11.3 Å². The Morgan fingerprint density at radius 2 is 1.47 bits per heavy atom. The molecule has 0 radical (unpaired) electrons. The quantitative estimate of drug-likeness (QED) is 0.243. The average Bonchev–Trinajstić information content (AvgIpc) is 3.38. The number of hydrogen-bond acceptors (Lipinski definition) is 5. The smallest absolute Gasteiger partial charge is 0.253 e. The van der Waals surface area contributed by atoms with Gasteiger partial charge in [-0.1, -0.05) is 47.6 Å². The van der Waals surface area contributed by atoms with Gasteiger partial charge in [0, 0.05) is 54.2 Å². The van der Waals surface area contributed by atoms with E-state index in [1.807, 2.05) is 46.7 Å². The molecule has 4 rings (SSSR count). The van der Waals surface area contributed by atoms with Crippen molar-refractivity contribution in [2.75, 3.05) is 36.4 Å². The number of hydrogen-bond donors (Lipinski definition) is 3. The average molecular weight is 555 g/mol. The number of halogens is 1. The molecule has 0 unspecified atom stereocenters. The summed E-state index contributed by atoms with van der Waals surface area (Å²) in [6.07, 6.45) is 0. The van der Waals surface area contributed by atoms with Crippen LogP contribution in [0.15, 0.2) is 53.9 Å². The van der Waals surface area contributed by atoms with Crippen LogP contribution in [0.25, 0.3) is 0 Å². The number of amidine groups is 1. The van der Waals surface area contributed by atoms with Crippen molar-refractivity contribution in [1.82, 2.24) is 4.90 Å². The molecule has 1 amide bonds. The first-order valence-electron chi connectivity index (χ1n) is 12.8. The summed E-state index contributed by atoms with van der Waals surface area (Å²) in [6.45, 7) is 15.2. The van der Waals surface area contributed by atoms with E-state index in [2.05, 4.69) is 63.9 Å². The normalized spacial score (nSPS) is 14.2. The predicted octanol–water partition coefficient (Wildman–Crippen LogP) is 6.87. The number of nitrogens with zero attached hydrogens (tertiary/aromatic N) is 2. The van der Waals surface area contributed by atoms with Crippen LogP contribution in [0.3, 0.4) is 0 Å². The van der Waals surface area contributed by atoms with Crippen molar-refractivity contribution in [2.24, 2.45) is 0 Å². The van der Waals surface area contributed by atoms with Crippen LogP contribution in [0, 0.1) is 5.41 Å². The molecule has 3 N–H and O–H groups in total. The number of anilines is 2. The first-order valence-corrected chi connectivity index (χ1v) is 13.6. The minimum Gasteiger partial charge on any atom is -0.507 e. The second-order valence-electron chi connectivity index (χ2n) is 11.7. The van der Waals surface area contributed by atoms with Crippen molar-refractivity contribution >= 4 is 46.9 Å². The Labute approximate surface area is 236 Å². The standard InChI is InChI=1S/C30H38N4O2S.ClH/c1-29(2,3)23-18-20(19-24(26(23)35)30(4,5)6)28(36)34-15-13-33(14-16-34)22-11-9-21(10-12-22)32-27(31)25-8-7-17-37-25;/h7-12,17-19,35H,13-16H2,1-6H3,(H2,31,32);1H. The molecule has 0 bridgehead atoms. The van der Waals surface area contributed by atoms with Gasteiger partial charge in [-0.05, 0) is 58.7 Å². The largest absolute Gasteiger partial charge is 0.507 e. The fourth-order valence-corrected chi connectivity index (χ4v) is 5.26. The van der Waals surface area contributed by atoms with E-state index in [4.69, 9.17) is 5.41 Å². The molecule has 1 saturated heterocycles. The Morgan fingerprint density at radius 3 is 1.95 bits per heavy atom. The summed E-state index contributed by atoms with van der Waals surface area (Å²) in [6, 6.07) is 15.7. The van der Waals surface area contributed by atoms with Crippen molar-refractivity contribution < 1.29 is 9.90 Å². The molecule has 0 atom stereocenters. The highest BCUT2D eigenvalue weighted by molar-refractivity contribution is 7.12. The van der Waals surface area contributed by atoms with Gasteiger partial charge >= 0.3 is 0 Å². The Balaban J connectivity index is 0.00000400. The number of thiophene rings is 1. The molecule has 1 aliphatic heterocycles. The fraction of sp³-hybridized carbons (Fsp3) is 0.400. The van der Waals surface area contributed by atoms with Gasteiger partial charge in [0.1, 0.15) is 11.6 Å². The van der Waals surface area contributed by atoms with Gasteiger partial charge in [-0.15, -0.1) is 23.7 Å². The predicted molar refractivity (Wildman–Crippen MR) is 162 cm³/mol. The van der Waals surface area contributed by atoms with Gasteiger partial charge in [-0.2, -0.15) is 0 Å². The van der Waals surface area contributed by atoms with Gasteiger partial charge in [0.15, 0.2) is 0 Å². The van der Waals surface area contributed by atoms with E-state index in [1.165, 1.54) is 0 Å². The number of nitrogens with one attached hydrogen (secondary N) is 2. The van der Waals surface area contributed by atoms with Crippen LogP contribution >= 0.6 is 23.7 Å². The van der Waals surface area contributed by atoms with Gasteiger partial charge in [0.2, 0.25) is 0 Å². The zero-order valence-corrected chi connectivity index (χ0v) is 24.7. The van der Waals surface area contributed by atoms with Crippen LogP contribution in [-0.2, 0) is 10.8 Å². The van der Waals surface area contributed by atoms with Gasteiger partial charge < -0.3 is 20.2 Å². The van der Waals surface area contributed by atoms with Gasteiger partial charge in [-0.3, -0.25) is 10.2 Å². The molecular formula is C30H39ClN4O2S. The fourth-order valence-electron chi connectivity index (χ4n) is 4.63. The second kappa shape index (κ2) is 11.4. The van der Waals surface area contributed by atoms with E-state index in [0.717, 1.165) is 40.5 Å². The number of benzene rings is 2. The molecular weight excluding hydrogens is 516 g/mol. The summed E-state index contributed by atoms with van der Waals surface area (Å²) in [4.78, 5) is 18.7. The maximum Gasteiger partial charge on any atom is 0.253 e. The first-order chi connectivity index (χ1) is 17.3. The van der Waals surface area contributed by atoms with Crippen LogP contribution in [0.2, 0.25) is 0 Å². The van der Waals surface area contributed by atoms with Crippen LogP contribution < -0.4 is 10.2 Å². The molecule has 0 spiro atoms. The molecule has 1 fully saturated rings. The number of aromatic hydroxyl groups is 1. The maximum atomic E-state index is 13.6. The number of rotatable bonds is 4.